The maximum atomic E-state index is 10.9. The second-order valence-corrected chi connectivity index (χ2v) is 4.82. The van der Waals surface area contributed by atoms with Crippen molar-refractivity contribution in [3.05, 3.63) is 35.4 Å². The van der Waals surface area contributed by atoms with Gasteiger partial charge in [0.25, 0.3) is 0 Å². The Morgan fingerprint density at radius 3 is 2.94 bits per heavy atom. The fourth-order valence-corrected chi connectivity index (χ4v) is 2.39. The number of aromatic carboxylic acids is 1. The van der Waals surface area contributed by atoms with Gasteiger partial charge in [-0.3, -0.25) is 0 Å². The zero-order chi connectivity index (χ0) is 12.4. The Bertz CT molecular complexity index is 420. The van der Waals surface area contributed by atoms with Gasteiger partial charge in [-0.25, -0.2) is 4.79 Å². The molecule has 0 aromatic heterocycles. The number of hydrogen-bond acceptors (Lipinski definition) is 3. The van der Waals surface area contributed by atoms with Gasteiger partial charge in [0.1, 0.15) is 0 Å². The average Bonchev–Trinajstić information content (AvgIpc) is 2.29. The van der Waals surface area contributed by atoms with Crippen molar-refractivity contribution in [3.8, 4) is 0 Å². The highest BCUT2D eigenvalue weighted by Gasteiger charge is 2.26. The molecule has 92 valence electrons. The molecule has 1 saturated heterocycles. The van der Waals surface area contributed by atoms with E-state index in [4.69, 9.17) is 10.8 Å². The van der Waals surface area contributed by atoms with E-state index in [9.17, 15) is 4.79 Å². The van der Waals surface area contributed by atoms with Gasteiger partial charge in [-0.2, -0.15) is 0 Å². The summed E-state index contributed by atoms with van der Waals surface area (Å²) < 4.78 is 0. The highest BCUT2D eigenvalue weighted by Crippen LogP contribution is 2.25. The molecule has 4 nitrogen and oxygen atoms in total. The van der Waals surface area contributed by atoms with E-state index in [1.54, 1.807) is 18.2 Å². The molecule has 1 fully saturated rings. The molecule has 1 aromatic rings. The maximum absolute atomic E-state index is 10.9. The molecule has 3 unspecified atom stereocenters. The summed E-state index contributed by atoms with van der Waals surface area (Å²) in [5, 5.41) is 12.3. The zero-order valence-corrected chi connectivity index (χ0v) is 9.89. The van der Waals surface area contributed by atoms with Crippen molar-refractivity contribution in [2.45, 2.75) is 25.4 Å². The Hall–Kier alpha value is -1.39. The van der Waals surface area contributed by atoms with Crippen LogP contribution in [0.3, 0.4) is 0 Å². The Kier molecular flexibility index (Phi) is 3.45. The van der Waals surface area contributed by atoms with E-state index in [1.807, 2.05) is 6.07 Å². The van der Waals surface area contributed by atoms with Crippen LogP contribution in [0.4, 0.5) is 0 Å². The van der Waals surface area contributed by atoms with Crippen LogP contribution in [-0.2, 0) is 0 Å². The van der Waals surface area contributed by atoms with Crippen molar-refractivity contribution in [2.75, 3.05) is 6.54 Å². The first-order chi connectivity index (χ1) is 8.08. The van der Waals surface area contributed by atoms with Crippen LogP contribution in [0.5, 0.6) is 0 Å². The number of nitrogens with one attached hydrogen (secondary N) is 1. The summed E-state index contributed by atoms with van der Waals surface area (Å²) in [6.07, 6.45) is 0.967. The molecule has 4 heteroatoms. The van der Waals surface area contributed by atoms with Gasteiger partial charge in [0.2, 0.25) is 0 Å². The first-order valence-electron chi connectivity index (χ1n) is 5.90. The van der Waals surface area contributed by atoms with Crippen LogP contribution in [0.25, 0.3) is 0 Å². The van der Waals surface area contributed by atoms with Crippen molar-refractivity contribution < 1.29 is 9.90 Å². The summed E-state index contributed by atoms with van der Waals surface area (Å²) in [6, 6.07) is 7.11. The third-order valence-electron chi connectivity index (χ3n) is 3.28. The van der Waals surface area contributed by atoms with Gasteiger partial charge >= 0.3 is 5.97 Å². The minimum absolute atomic E-state index is 0.0443. The molecule has 17 heavy (non-hydrogen) atoms. The molecule has 1 aliphatic rings. The molecular weight excluding hydrogens is 216 g/mol. The molecule has 1 aromatic carbocycles. The van der Waals surface area contributed by atoms with Crippen molar-refractivity contribution in [1.82, 2.24) is 5.32 Å². The van der Waals surface area contributed by atoms with Crippen LogP contribution >= 0.6 is 0 Å². The molecule has 4 N–H and O–H groups in total. The van der Waals surface area contributed by atoms with Gasteiger partial charge in [-0.05, 0) is 36.6 Å². The van der Waals surface area contributed by atoms with Crippen LogP contribution in [0, 0.1) is 5.92 Å². The molecule has 2 rings (SSSR count). The molecule has 1 aliphatic heterocycles. The number of benzene rings is 1. The smallest absolute Gasteiger partial charge is 0.335 e. The summed E-state index contributed by atoms with van der Waals surface area (Å²) in [6.45, 7) is 3.09. The first-order valence-corrected chi connectivity index (χ1v) is 5.90. The molecule has 1 heterocycles. The maximum Gasteiger partial charge on any atom is 0.335 e. The van der Waals surface area contributed by atoms with Crippen molar-refractivity contribution >= 4 is 5.97 Å². The predicted octanol–water partition coefficient (Wildman–Crippen LogP) is 1.38. The summed E-state index contributed by atoms with van der Waals surface area (Å²) in [7, 11) is 0. The molecular formula is C13H18N2O2. The SMILES string of the molecule is CC1CNC(c2cccc(C(=O)O)c2)C(N)C1. The Balaban J connectivity index is 2.22. The van der Waals surface area contributed by atoms with E-state index < -0.39 is 5.97 Å². The summed E-state index contributed by atoms with van der Waals surface area (Å²) in [5.74, 6) is -0.325. The van der Waals surface area contributed by atoms with Crippen molar-refractivity contribution in [3.63, 3.8) is 0 Å². The van der Waals surface area contributed by atoms with Gasteiger partial charge in [0.15, 0.2) is 0 Å². The zero-order valence-electron chi connectivity index (χ0n) is 9.89. The third-order valence-corrected chi connectivity index (χ3v) is 3.28. The van der Waals surface area contributed by atoms with Gasteiger partial charge in [0.05, 0.1) is 5.56 Å². The fraction of sp³-hybridized carbons (Fsp3) is 0.462. The number of hydrogen-bond donors (Lipinski definition) is 3. The number of carbonyl (C=O) groups is 1. The van der Waals surface area contributed by atoms with E-state index in [2.05, 4.69) is 12.2 Å². The Morgan fingerprint density at radius 1 is 1.53 bits per heavy atom. The number of rotatable bonds is 2. The molecule has 0 spiro atoms. The fourth-order valence-electron chi connectivity index (χ4n) is 2.39. The van der Waals surface area contributed by atoms with E-state index >= 15 is 0 Å². The first kappa shape index (κ1) is 12.1. The lowest BCUT2D eigenvalue weighted by Crippen LogP contribution is -2.46. The predicted molar refractivity (Wildman–Crippen MR) is 65.9 cm³/mol. The number of carboxylic acids is 1. The standard InChI is InChI=1S/C13H18N2O2/c1-8-5-11(14)12(15-7-8)9-3-2-4-10(6-9)13(16)17/h2-4,6,8,11-12,15H,5,7,14H2,1H3,(H,16,17). The van der Waals surface area contributed by atoms with E-state index in [1.165, 1.54) is 0 Å². The second kappa shape index (κ2) is 4.85. The molecule has 0 bridgehead atoms. The van der Waals surface area contributed by atoms with E-state index in [0.29, 0.717) is 11.5 Å². The number of nitrogens with two attached hydrogens (primary N) is 1. The van der Waals surface area contributed by atoms with Gasteiger partial charge < -0.3 is 16.2 Å². The number of piperidine rings is 1. The lowest BCUT2D eigenvalue weighted by Gasteiger charge is -2.34. The lowest BCUT2D eigenvalue weighted by molar-refractivity contribution is 0.0696. The van der Waals surface area contributed by atoms with Crippen LogP contribution in [0.15, 0.2) is 24.3 Å². The Morgan fingerprint density at radius 2 is 2.29 bits per heavy atom. The normalized spacial score (nSPS) is 28.9. The van der Waals surface area contributed by atoms with Crippen LogP contribution in [-0.4, -0.2) is 23.7 Å². The van der Waals surface area contributed by atoms with Crippen molar-refractivity contribution in [1.29, 1.82) is 0 Å². The van der Waals surface area contributed by atoms with Gasteiger partial charge in [-0.1, -0.05) is 19.1 Å². The summed E-state index contributed by atoms with van der Waals surface area (Å²) >= 11 is 0. The second-order valence-electron chi connectivity index (χ2n) is 4.82. The van der Waals surface area contributed by atoms with Gasteiger partial charge in [0, 0.05) is 12.1 Å². The molecule has 0 aliphatic carbocycles. The molecule has 0 amide bonds. The quantitative estimate of drug-likeness (QED) is 0.722. The van der Waals surface area contributed by atoms with E-state index in [-0.39, 0.29) is 12.1 Å². The van der Waals surface area contributed by atoms with E-state index in [0.717, 1.165) is 18.5 Å². The average molecular weight is 234 g/mol. The summed E-state index contributed by atoms with van der Waals surface area (Å²) in [4.78, 5) is 10.9. The van der Waals surface area contributed by atoms with Gasteiger partial charge in [-0.15, -0.1) is 0 Å². The highest BCUT2D eigenvalue weighted by atomic mass is 16.4. The van der Waals surface area contributed by atoms with Crippen LogP contribution in [0.2, 0.25) is 0 Å². The molecule has 3 atom stereocenters. The minimum Gasteiger partial charge on any atom is -0.478 e. The Labute approximate surface area is 101 Å². The monoisotopic (exact) mass is 234 g/mol. The number of carboxylic acid groups (broad SMARTS) is 1. The summed E-state index contributed by atoms with van der Waals surface area (Å²) in [5.41, 5.74) is 7.39. The van der Waals surface area contributed by atoms with Crippen LogP contribution < -0.4 is 11.1 Å². The molecule has 0 radical (unpaired) electrons. The lowest BCUT2D eigenvalue weighted by atomic mass is 9.87. The highest BCUT2D eigenvalue weighted by molar-refractivity contribution is 5.87. The molecule has 0 saturated carbocycles. The minimum atomic E-state index is -0.899. The third kappa shape index (κ3) is 2.65. The van der Waals surface area contributed by atoms with Crippen LogP contribution in [0.1, 0.15) is 35.3 Å². The van der Waals surface area contributed by atoms with Crippen molar-refractivity contribution in [2.24, 2.45) is 11.7 Å². The topological polar surface area (TPSA) is 75.3 Å². The largest absolute Gasteiger partial charge is 0.478 e.